The van der Waals surface area contributed by atoms with Crippen LogP contribution in [0, 0.1) is 11.3 Å². The fourth-order valence-corrected chi connectivity index (χ4v) is 5.35. The molecule has 4 aromatic rings. The van der Waals surface area contributed by atoms with Gasteiger partial charge in [-0.2, -0.15) is 5.26 Å². The number of halogens is 2. The molecule has 10 heteroatoms. The number of piperidine rings is 1. The first-order valence-electron chi connectivity index (χ1n) is 12.2. The molecule has 0 spiro atoms. The average molecular weight is 493 g/mol. The Morgan fingerprint density at radius 2 is 1.97 bits per heavy atom. The predicted molar refractivity (Wildman–Crippen MR) is 132 cm³/mol. The molecule has 0 unspecified atom stereocenters. The van der Waals surface area contributed by atoms with E-state index < -0.39 is 13.0 Å². The van der Waals surface area contributed by atoms with Crippen LogP contribution < -0.4 is 10.3 Å². The molecule has 2 fully saturated rings. The minimum atomic E-state index is -2.62. The predicted octanol–water partition coefficient (Wildman–Crippen LogP) is 4.60. The Morgan fingerprint density at radius 1 is 1.19 bits per heavy atom. The highest BCUT2D eigenvalue weighted by atomic mass is 19.3. The van der Waals surface area contributed by atoms with E-state index in [9.17, 15) is 18.8 Å². The quantitative estimate of drug-likeness (QED) is 0.364. The lowest BCUT2D eigenvalue weighted by molar-refractivity contribution is 0.0816. The molecular weight excluding hydrogens is 466 g/mol. The molecule has 0 radical (unpaired) electrons. The summed E-state index contributed by atoms with van der Waals surface area (Å²) in [7, 11) is 2.07. The minimum Gasteiger partial charge on any atom is -0.485 e. The molecule has 2 aliphatic rings. The van der Waals surface area contributed by atoms with Crippen molar-refractivity contribution in [3.8, 4) is 23.2 Å². The van der Waals surface area contributed by atoms with Crippen LogP contribution in [0.15, 0.2) is 23.1 Å². The zero-order valence-electron chi connectivity index (χ0n) is 19.8. The molecule has 1 saturated heterocycles. The van der Waals surface area contributed by atoms with Gasteiger partial charge >= 0.3 is 0 Å². The summed E-state index contributed by atoms with van der Waals surface area (Å²) in [6, 6.07) is 6.05. The van der Waals surface area contributed by atoms with E-state index in [2.05, 4.69) is 33.0 Å². The number of rotatable bonds is 6. The standard InChI is InChI=1S/C26H26F2N6O2/c1-34-8-6-13(7-9-34)15-4-5-18-23(24(15)36-12-19(27)28)33-25(31-18)20-22-17(11-30-26(20)35)16(10-29)21(32-22)14-2-3-14/h4-5,11,13-14,19,32H,2-3,6-9,12H2,1H3,(H,30,35)(H,31,33). The van der Waals surface area contributed by atoms with Gasteiger partial charge in [-0.05, 0) is 63.4 Å². The van der Waals surface area contributed by atoms with Crippen molar-refractivity contribution in [3.05, 3.63) is 45.5 Å². The Balaban J connectivity index is 1.51. The zero-order valence-corrected chi connectivity index (χ0v) is 19.8. The summed E-state index contributed by atoms with van der Waals surface area (Å²) in [6.45, 7) is 1.10. The summed E-state index contributed by atoms with van der Waals surface area (Å²) in [5, 5.41) is 10.4. The maximum Gasteiger partial charge on any atom is 0.272 e. The monoisotopic (exact) mass is 492 g/mol. The third-order valence-corrected chi connectivity index (χ3v) is 7.38. The Hall–Kier alpha value is -3.71. The van der Waals surface area contributed by atoms with Crippen LogP contribution in [0.1, 0.15) is 54.3 Å². The van der Waals surface area contributed by atoms with Gasteiger partial charge < -0.3 is 24.6 Å². The van der Waals surface area contributed by atoms with E-state index in [4.69, 9.17) is 9.72 Å². The summed E-state index contributed by atoms with van der Waals surface area (Å²) in [6.07, 6.45) is 2.73. The number of hydrogen-bond acceptors (Lipinski definition) is 5. The number of hydrogen-bond donors (Lipinski definition) is 3. The molecule has 186 valence electrons. The normalized spacial score (nSPS) is 17.3. The lowest BCUT2D eigenvalue weighted by Gasteiger charge is -2.30. The van der Waals surface area contributed by atoms with E-state index >= 15 is 0 Å². The Bertz CT molecular complexity index is 1550. The fraction of sp³-hybridized carbons (Fsp3) is 0.423. The van der Waals surface area contributed by atoms with Gasteiger partial charge in [0, 0.05) is 23.2 Å². The van der Waals surface area contributed by atoms with Gasteiger partial charge in [-0.25, -0.2) is 13.8 Å². The van der Waals surface area contributed by atoms with Crippen molar-refractivity contribution < 1.29 is 13.5 Å². The summed E-state index contributed by atoms with van der Waals surface area (Å²) in [4.78, 5) is 29.2. The Labute approximate surface area is 205 Å². The van der Waals surface area contributed by atoms with Gasteiger partial charge in [-0.1, -0.05) is 6.07 Å². The van der Waals surface area contributed by atoms with Gasteiger partial charge in [-0.15, -0.1) is 0 Å². The van der Waals surface area contributed by atoms with Crippen LogP contribution in [0.5, 0.6) is 5.75 Å². The maximum atomic E-state index is 13.2. The number of benzene rings is 1. The van der Waals surface area contributed by atoms with E-state index in [-0.39, 0.29) is 23.0 Å². The smallest absolute Gasteiger partial charge is 0.272 e. The summed E-state index contributed by atoms with van der Waals surface area (Å²) >= 11 is 0. The van der Waals surface area contributed by atoms with Crippen LogP contribution >= 0.6 is 0 Å². The van der Waals surface area contributed by atoms with E-state index in [1.165, 1.54) is 0 Å². The van der Waals surface area contributed by atoms with Crippen LogP contribution in [-0.4, -0.2) is 58.0 Å². The molecule has 1 aliphatic heterocycles. The van der Waals surface area contributed by atoms with Crippen molar-refractivity contribution in [1.29, 1.82) is 5.26 Å². The summed E-state index contributed by atoms with van der Waals surface area (Å²) < 4.78 is 32.0. The molecule has 1 saturated carbocycles. The van der Waals surface area contributed by atoms with Crippen molar-refractivity contribution >= 4 is 21.9 Å². The van der Waals surface area contributed by atoms with Gasteiger partial charge in [0.05, 0.1) is 16.6 Å². The van der Waals surface area contributed by atoms with Crippen molar-refractivity contribution in [2.75, 3.05) is 26.7 Å². The molecule has 6 rings (SSSR count). The van der Waals surface area contributed by atoms with E-state index in [1.807, 2.05) is 12.1 Å². The molecular formula is C26H26F2N6O2. The lowest BCUT2D eigenvalue weighted by atomic mass is 9.88. The zero-order chi connectivity index (χ0) is 25.0. The molecule has 0 amide bonds. The van der Waals surface area contributed by atoms with Gasteiger partial charge in [0.15, 0.2) is 5.75 Å². The Kier molecular flexibility index (Phi) is 5.52. The topological polar surface area (TPSA) is 114 Å². The van der Waals surface area contributed by atoms with Crippen LogP contribution in [0.25, 0.3) is 33.3 Å². The molecule has 3 aromatic heterocycles. The fourth-order valence-electron chi connectivity index (χ4n) is 5.35. The molecule has 8 nitrogen and oxygen atoms in total. The van der Waals surface area contributed by atoms with Crippen LogP contribution in [0.2, 0.25) is 0 Å². The molecule has 1 aliphatic carbocycles. The number of nitriles is 1. The number of H-pyrrole nitrogens is 3. The van der Waals surface area contributed by atoms with Crippen LogP contribution in [0.4, 0.5) is 8.78 Å². The molecule has 36 heavy (non-hydrogen) atoms. The SMILES string of the molecule is CN1CCC(c2ccc3[nH]c(-c4c(=O)[nH]cc5c(C#N)c(C6CC6)[nH]c45)nc3c2OCC(F)F)CC1. The molecule has 4 heterocycles. The minimum absolute atomic E-state index is 0.174. The lowest BCUT2D eigenvalue weighted by Crippen LogP contribution is -2.29. The number of nitrogens with one attached hydrogen (secondary N) is 3. The molecule has 3 N–H and O–H groups in total. The number of imidazole rings is 1. The van der Waals surface area contributed by atoms with E-state index in [0.29, 0.717) is 39.1 Å². The number of nitrogens with zero attached hydrogens (tertiary/aromatic N) is 3. The Morgan fingerprint density at radius 3 is 2.67 bits per heavy atom. The van der Waals surface area contributed by atoms with Crippen LogP contribution in [0.3, 0.4) is 0 Å². The first-order chi connectivity index (χ1) is 17.4. The van der Waals surface area contributed by atoms with Gasteiger partial charge in [-0.3, -0.25) is 4.79 Å². The maximum absolute atomic E-state index is 13.2. The van der Waals surface area contributed by atoms with Crippen molar-refractivity contribution in [2.24, 2.45) is 0 Å². The highest BCUT2D eigenvalue weighted by Gasteiger charge is 2.31. The first kappa shape index (κ1) is 22.7. The number of ether oxygens (including phenoxy) is 1. The largest absolute Gasteiger partial charge is 0.485 e. The number of fused-ring (bicyclic) bond motifs is 2. The second-order valence-electron chi connectivity index (χ2n) is 9.83. The number of pyridine rings is 1. The summed E-state index contributed by atoms with van der Waals surface area (Å²) in [5.41, 5.74) is 3.73. The number of aromatic amines is 3. The van der Waals surface area contributed by atoms with Crippen molar-refractivity contribution in [2.45, 2.75) is 43.9 Å². The summed E-state index contributed by atoms with van der Waals surface area (Å²) in [5.74, 6) is 1.11. The van der Waals surface area contributed by atoms with Crippen molar-refractivity contribution in [3.63, 3.8) is 0 Å². The number of likely N-dealkylation sites (tertiary alicyclic amines) is 1. The van der Waals surface area contributed by atoms with Gasteiger partial charge in [0.25, 0.3) is 12.0 Å². The van der Waals surface area contributed by atoms with E-state index in [1.54, 1.807) is 6.20 Å². The molecule has 0 bridgehead atoms. The van der Waals surface area contributed by atoms with Crippen LogP contribution in [-0.2, 0) is 0 Å². The number of aromatic nitrogens is 4. The molecule has 1 aromatic carbocycles. The highest BCUT2D eigenvalue weighted by Crippen LogP contribution is 2.44. The second-order valence-corrected chi connectivity index (χ2v) is 9.83. The average Bonchev–Trinajstić information content (AvgIpc) is 3.51. The van der Waals surface area contributed by atoms with Gasteiger partial charge in [0.2, 0.25) is 0 Å². The van der Waals surface area contributed by atoms with E-state index in [0.717, 1.165) is 50.0 Å². The third kappa shape index (κ3) is 3.84. The van der Waals surface area contributed by atoms with Gasteiger partial charge in [0.1, 0.15) is 29.6 Å². The molecule has 0 atom stereocenters. The first-order valence-corrected chi connectivity index (χ1v) is 12.2. The number of alkyl halides is 2. The third-order valence-electron chi connectivity index (χ3n) is 7.38. The highest BCUT2D eigenvalue weighted by molar-refractivity contribution is 5.98. The van der Waals surface area contributed by atoms with Crippen molar-refractivity contribution in [1.82, 2.24) is 24.8 Å². The second kappa shape index (κ2) is 8.75.